The van der Waals surface area contributed by atoms with Gasteiger partial charge in [0.15, 0.2) is 12.4 Å². The van der Waals surface area contributed by atoms with Crippen molar-refractivity contribution in [2.75, 3.05) is 0 Å². The zero-order valence-corrected chi connectivity index (χ0v) is 12.2. The average molecular weight is 262 g/mol. The molecule has 0 aromatic heterocycles. The van der Waals surface area contributed by atoms with E-state index < -0.39 is 0 Å². The lowest BCUT2D eigenvalue weighted by atomic mass is 10.1. The molecule has 0 heterocycles. The van der Waals surface area contributed by atoms with Gasteiger partial charge >= 0.3 is 0 Å². The molecule has 0 saturated carbocycles. The van der Waals surface area contributed by atoms with Crippen molar-refractivity contribution in [2.24, 2.45) is 0 Å². The number of hydrogen-bond acceptors (Lipinski definition) is 2. The Hall–Kier alpha value is -1.31. The molecule has 0 N–H and O–H groups in total. The molecule has 1 unspecified atom stereocenters. The Morgan fingerprint density at radius 3 is 2.37 bits per heavy atom. The molecule has 0 radical (unpaired) electrons. The Bertz CT molecular complexity index is 343. The standard InChI is InChI=1S/C17H26O2/c1-3-5-6-7-9-15-10-12-16(13-11-15)19-17(14-18)8-4-2/h10-14,17H,3-9H2,1-2H3. The summed E-state index contributed by atoms with van der Waals surface area (Å²) < 4.78 is 5.63. The van der Waals surface area contributed by atoms with E-state index in [1.54, 1.807) is 0 Å². The summed E-state index contributed by atoms with van der Waals surface area (Å²) in [4.78, 5) is 10.8. The highest BCUT2D eigenvalue weighted by atomic mass is 16.5. The lowest BCUT2D eigenvalue weighted by molar-refractivity contribution is -0.113. The zero-order chi connectivity index (χ0) is 13.9. The van der Waals surface area contributed by atoms with Crippen molar-refractivity contribution in [3.05, 3.63) is 29.8 Å². The highest BCUT2D eigenvalue weighted by Gasteiger charge is 2.07. The third-order valence-electron chi connectivity index (χ3n) is 3.25. The highest BCUT2D eigenvalue weighted by molar-refractivity contribution is 5.56. The summed E-state index contributed by atoms with van der Waals surface area (Å²) in [5.74, 6) is 0.794. The van der Waals surface area contributed by atoms with Crippen LogP contribution in [0.4, 0.5) is 0 Å². The molecule has 0 aliphatic heterocycles. The zero-order valence-electron chi connectivity index (χ0n) is 12.2. The van der Waals surface area contributed by atoms with Gasteiger partial charge in [0, 0.05) is 0 Å². The minimum Gasteiger partial charge on any atom is -0.483 e. The number of carbonyl (C=O) groups excluding carboxylic acids is 1. The number of hydrogen-bond donors (Lipinski definition) is 0. The number of carbonyl (C=O) groups is 1. The van der Waals surface area contributed by atoms with Gasteiger partial charge < -0.3 is 4.74 Å². The van der Waals surface area contributed by atoms with Gasteiger partial charge in [-0.2, -0.15) is 0 Å². The van der Waals surface area contributed by atoms with Gasteiger partial charge in [-0.15, -0.1) is 0 Å². The number of ether oxygens (including phenoxy) is 1. The van der Waals surface area contributed by atoms with E-state index in [1.807, 2.05) is 12.1 Å². The Morgan fingerprint density at radius 2 is 1.79 bits per heavy atom. The summed E-state index contributed by atoms with van der Waals surface area (Å²) in [5.41, 5.74) is 1.35. The number of benzene rings is 1. The van der Waals surface area contributed by atoms with Crippen LogP contribution >= 0.6 is 0 Å². The second-order valence-corrected chi connectivity index (χ2v) is 5.04. The number of unbranched alkanes of at least 4 members (excludes halogenated alkanes) is 3. The van der Waals surface area contributed by atoms with Crippen molar-refractivity contribution in [3.63, 3.8) is 0 Å². The van der Waals surface area contributed by atoms with Gasteiger partial charge in [-0.25, -0.2) is 0 Å². The third kappa shape index (κ3) is 6.42. The molecule has 1 rings (SSSR count). The van der Waals surface area contributed by atoms with Gasteiger partial charge in [-0.05, 0) is 37.0 Å². The van der Waals surface area contributed by atoms with Crippen LogP contribution in [0.15, 0.2) is 24.3 Å². The van der Waals surface area contributed by atoms with E-state index in [1.165, 1.54) is 31.2 Å². The first-order valence-corrected chi connectivity index (χ1v) is 7.51. The van der Waals surface area contributed by atoms with Crippen molar-refractivity contribution in [3.8, 4) is 5.75 Å². The predicted octanol–water partition coefficient (Wildman–Crippen LogP) is 4.56. The van der Waals surface area contributed by atoms with Gasteiger partial charge in [0.05, 0.1) is 0 Å². The first-order valence-electron chi connectivity index (χ1n) is 7.51. The Morgan fingerprint density at radius 1 is 1.05 bits per heavy atom. The van der Waals surface area contributed by atoms with Crippen LogP contribution < -0.4 is 4.74 Å². The SMILES string of the molecule is CCCCCCc1ccc(OC(C=O)CCC)cc1. The van der Waals surface area contributed by atoms with Crippen molar-refractivity contribution in [1.82, 2.24) is 0 Å². The largest absolute Gasteiger partial charge is 0.483 e. The van der Waals surface area contributed by atoms with E-state index >= 15 is 0 Å². The summed E-state index contributed by atoms with van der Waals surface area (Å²) in [6, 6.07) is 8.16. The molecule has 1 atom stereocenters. The molecule has 1 aromatic rings. The van der Waals surface area contributed by atoms with E-state index in [0.29, 0.717) is 0 Å². The topological polar surface area (TPSA) is 26.3 Å². The first kappa shape index (κ1) is 15.7. The van der Waals surface area contributed by atoms with Crippen molar-refractivity contribution >= 4 is 6.29 Å². The molecule has 0 aliphatic carbocycles. The summed E-state index contributed by atoms with van der Waals surface area (Å²) in [7, 11) is 0. The predicted molar refractivity (Wildman–Crippen MR) is 79.7 cm³/mol. The van der Waals surface area contributed by atoms with Crippen LogP contribution in [-0.2, 0) is 11.2 Å². The molecule has 0 aliphatic rings. The second kappa shape index (κ2) is 9.60. The minimum atomic E-state index is -0.305. The molecule has 1 aromatic carbocycles. The van der Waals surface area contributed by atoms with Crippen LogP contribution in [0.2, 0.25) is 0 Å². The van der Waals surface area contributed by atoms with Gasteiger partial charge in [0.25, 0.3) is 0 Å². The Balaban J connectivity index is 2.40. The van der Waals surface area contributed by atoms with Crippen LogP contribution in [0.5, 0.6) is 5.75 Å². The maximum Gasteiger partial charge on any atom is 0.160 e. The molecule has 0 saturated heterocycles. The Kier molecular flexibility index (Phi) is 7.95. The van der Waals surface area contributed by atoms with Crippen LogP contribution in [0.1, 0.15) is 57.9 Å². The van der Waals surface area contributed by atoms with Crippen LogP contribution in [0.25, 0.3) is 0 Å². The van der Waals surface area contributed by atoms with Gasteiger partial charge in [0.1, 0.15) is 5.75 Å². The van der Waals surface area contributed by atoms with Gasteiger partial charge in [-0.3, -0.25) is 4.79 Å². The molecule has 19 heavy (non-hydrogen) atoms. The lowest BCUT2D eigenvalue weighted by Crippen LogP contribution is -2.17. The molecule has 0 fully saturated rings. The molecular weight excluding hydrogens is 236 g/mol. The quantitative estimate of drug-likeness (QED) is 0.456. The van der Waals surface area contributed by atoms with Gasteiger partial charge in [-0.1, -0.05) is 51.7 Å². The normalized spacial score (nSPS) is 12.1. The van der Waals surface area contributed by atoms with E-state index in [4.69, 9.17) is 4.74 Å². The smallest absolute Gasteiger partial charge is 0.160 e. The molecule has 2 nitrogen and oxygen atoms in total. The highest BCUT2D eigenvalue weighted by Crippen LogP contribution is 2.16. The number of rotatable bonds is 10. The molecule has 0 bridgehead atoms. The Labute approximate surface area is 117 Å². The van der Waals surface area contributed by atoms with Crippen molar-refractivity contribution in [1.29, 1.82) is 0 Å². The summed E-state index contributed by atoms with van der Waals surface area (Å²) >= 11 is 0. The molecule has 0 spiro atoms. The van der Waals surface area contributed by atoms with Crippen molar-refractivity contribution in [2.45, 2.75) is 64.9 Å². The fraction of sp³-hybridized carbons (Fsp3) is 0.588. The maximum atomic E-state index is 10.8. The average Bonchev–Trinajstić information content (AvgIpc) is 2.45. The first-order chi connectivity index (χ1) is 9.30. The van der Waals surface area contributed by atoms with Crippen LogP contribution in [-0.4, -0.2) is 12.4 Å². The fourth-order valence-corrected chi connectivity index (χ4v) is 2.10. The van der Waals surface area contributed by atoms with Crippen LogP contribution in [0, 0.1) is 0 Å². The molecule has 2 heteroatoms. The molecule has 106 valence electrons. The summed E-state index contributed by atoms with van der Waals surface area (Å²) in [6.07, 6.45) is 8.60. The van der Waals surface area contributed by atoms with Crippen LogP contribution in [0.3, 0.4) is 0 Å². The molecular formula is C17H26O2. The monoisotopic (exact) mass is 262 g/mol. The molecule has 0 amide bonds. The van der Waals surface area contributed by atoms with E-state index in [9.17, 15) is 4.79 Å². The second-order valence-electron chi connectivity index (χ2n) is 5.04. The maximum absolute atomic E-state index is 10.8. The third-order valence-corrected chi connectivity index (χ3v) is 3.25. The number of aldehydes is 1. The summed E-state index contributed by atoms with van der Waals surface area (Å²) in [6.45, 7) is 4.28. The number of aryl methyl sites for hydroxylation is 1. The van der Waals surface area contributed by atoms with E-state index in [0.717, 1.165) is 31.3 Å². The van der Waals surface area contributed by atoms with Crippen molar-refractivity contribution < 1.29 is 9.53 Å². The van der Waals surface area contributed by atoms with Gasteiger partial charge in [0.2, 0.25) is 0 Å². The van der Waals surface area contributed by atoms with E-state index in [-0.39, 0.29) is 6.10 Å². The fourth-order valence-electron chi connectivity index (χ4n) is 2.10. The minimum absolute atomic E-state index is 0.305. The van der Waals surface area contributed by atoms with E-state index in [2.05, 4.69) is 26.0 Å². The summed E-state index contributed by atoms with van der Waals surface area (Å²) in [5, 5.41) is 0. The lowest BCUT2D eigenvalue weighted by Gasteiger charge is -2.12.